The molecule has 2 N–H and O–H groups in total. The Morgan fingerprint density at radius 3 is 2.29 bits per heavy atom. The van der Waals surface area contributed by atoms with E-state index in [0.29, 0.717) is 22.9 Å². The fourth-order valence-corrected chi connectivity index (χ4v) is 2.63. The van der Waals surface area contributed by atoms with Gasteiger partial charge in [-0.25, -0.2) is 4.79 Å². The van der Waals surface area contributed by atoms with E-state index in [-0.39, 0.29) is 5.82 Å². The summed E-state index contributed by atoms with van der Waals surface area (Å²) in [5.41, 5.74) is 0.534. The van der Waals surface area contributed by atoms with Gasteiger partial charge in [0.2, 0.25) is 5.82 Å². The van der Waals surface area contributed by atoms with Crippen LogP contribution >= 0.6 is 0 Å². The van der Waals surface area contributed by atoms with Crippen molar-refractivity contribution in [3.05, 3.63) is 101 Å². The highest BCUT2D eigenvalue weighted by Crippen LogP contribution is 2.29. The number of aromatic amines is 1. The third-order valence-corrected chi connectivity index (χ3v) is 3.94. The van der Waals surface area contributed by atoms with Crippen LogP contribution in [0, 0.1) is 0 Å². The highest BCUT2D eigenvalue weighted by Gasteiger charge is 2.16. The number of para-hydroxylation sites is 4. The third kappa shape index (κ3) is 3.68. The molecule has 138 valence electrons. The summed E-state index contributed by atoms with van der Waals surface area (Å²) in [5, 5.41) is 6.81. The van der Waals surface area contributed by atoms with Gasteiger partial charge in [-0.1, -0.05) is 48.5 Å². The van der Waals surface area contributed by atoms with Crippen molar-refractivity contribution in [2.24, 2.45) is 0 Å². The number of amides is 1. The predicted octanol–water partition coefficient (Wildman–Crippen LogP) is 3.61. The summed E-state index contributed by atoms with van der Waals surface area (Å²) in [5.74, 6) is 0.483. The molecule has 0 radical (unpaired) electrons. The van der Waals surface area contributed by atoms with Crippen LogP contribution in [0.1, 0.15) is 10.6 Å². The summed E-state index contributed by atoms with van der Waals surface area (Å²) in [7, 11) is 0. The van der Waals surface area contributed by atoms with Crippen LogP contribution in [-0.2, 0) is 0 Å². The normalized spacial score (nSPS) is 10.4. The van der Waals surface area contributed by atoms with E-state index in [2.05, 4.69) is 15.4 Å². The van der Waals surface area contributed by atoms with Crippen molar-refractivity contribution in [3.63, 3.8) is 0 Å². The van der Waals surface area contributed by atoms with E-state index in [1.807, 2.05) is 36.4 Å². The largest absolute Gasteiger partial charge is 0.455 e. The van der Waals surface area contributed by atoms with E-state index in [1.54, 1.807) is 48.5 Å². The minimum Gasteiger partial charge on any atom is -0.455 e. The molecule has 0 spiro atoms. The lowest BCUT2D eigenvalue weighted by Gasteiger charge is -2.11. The molecule has 1 amide bonds. The number of aromatic nitrogens is 3. The standard InChI is InChI=1S/C21H16N4O3/c26-20(19-23-21(27)25(24-19)15-9-3-1-4-10-15)22-17-13-7-8-14-18(17)28-16-11-5-2-6-12-16/h1-14H,(H,22,26)(H,23,24,27). The third-order valence-electron chi connectivity index (χ3n) is 3.94. The van der Waals surface area contributed by atoms with Crippen LogP contribution in [0.2, 0.25) is 0 Å². The van der Waals surface area contributed by atoms with Gasteiger partial charge in [-0.05, 0) is 36.4 Å². The molecular formula is C21H16N4O3. The number of nitrogens with zero attached hydrogens (tertiary/aromatic N) is 2. The number of carbonyl (C=O) groups is 1. The zero-order valence-electron chi connectivity index (χ0n) is 14.7. The van der Waals surface area contributed by atoms with Gasteiger partial charge in [-0.15, -0.1) is 5.10 Å². The van der Waals surface area contributed by atoms with Gasteiger partial charge in [-0.2, -0.15) is 4.68 Å². The van der Waals surface area contributed by atoms with Gasteiger partial charge in [0, 0.05) is 0 Å². The molecule has 4 rings (SSSR count). The first kappa shape index (κ1) is 17.3. The monoisotopic (exact) mass is 372 g/mol. The number of ether oxygens (including phenoxy) is 1. The Morgan fingerprint density at radius 1 is 0.893 bits per heavy atom. The maximum absolute atomic E-state index is 12.6. The van der Waals surface area contributed by atoms with E-state index >= 15 is 0 Å². The molecule has 0 unspecified atom stereocenters. The van der Waals surface area contributed by atoms with E-state index in [4.69, 9.17) is 4.74 Å². The van der Waals surface area contributed by atoms with Crippen molar-refractivity contribution in [3.8, 4) is 17.2 Å². The van der Waals surface area contributed by atoms with Crippen molar-refractivity contribution >= 4 is 11.6 Å². The quantitative estimate of drug-likeness (QED) is 0.560. The SMILES string of the molecule is O=C(Nc1ccccc1Oc1ccccc1)c1nn(-c2ccccc2)c(=O)[nH]1. The highest BCUT2D eigenvalue weighted by atomic mass is 16.5. The molecule has 0 aliphatic carbocycles. The molecule has 0 atom stereocenters. The Balaban J connectivity index is 1.57. The molecule has 0 aliphatic heterocycles. The minimum absolute atomic E-state index is 0.0941. The van der Waals surface area contributed by atoms with Crippen LogP contribution in [0.15, 0.2) is 89.7 Å². The van der Waals surface area contributed by atoms with Crippen LogP contribution in [0.4, 0.5) is 5.69 Å². The molecule has 0 bridgehead atoms. The smallest absolute Gasteiger partial charge is 0.348 e. The topological polar surface area (TPSA) is 89.0 Å². The van der Waals surface area contributed by atoms with Gasteiger partial charge in [0.15, 0.2) is 5.75 Å². The molecule has 0 aliphatic rings. The van der Waals surface area contributed by atoms with Gasteiger partial charge < -0.3 is 10.1 Å². The van der Waals surface area contributed by atoms with E-state index in [1.165, 1.54) is 0 Å². The first-order valence-electron chi connectivity index (χ1n) is 8.59. The summed E-state index contributed by atoms with van der Waals surface area (Å²) in [4.78, 5) is 27.2. The summed E-state index contributed by atoms with van der Waals surface area (Å²) in [6, 6.07) is 25.1. The van der Waals surface area contributed by atoms with Gasteiger partial charge in [0.1, 0.15) is 5.75 Å². The fourth-order valence-electron chi connectivity index (χ4n) is 2.63. The molecule has 0 saturated heterocycles. The number of hydrogen-bond acceptors (Lipinski definition) is 4. The second kappa shape index (κ2) is 7.63. The number of anilines is 1. The van der Waals surface area contributed by atoms with Crippen molar-refractivity contribution in [1.29, 1.82) is 0 Å². The van der Waals surface area contributed by atoms with Crippen LogP contribution in [-0.4, -0.2) is 20.7 Å². The molecule has 0 saturated carbocycles. The Kier molecular flexibility index (Phi) is 4.71. The molecule has 28 heavy (non-hydrogen) atoms. The number of benzene rings is 3. The summed E-state index contributed by atoms with van der Waals surface area (Å²) in [6.45, 7) is 0. The first-order chi connectivity index (χ1) is 13.7. The van der Waals surface area contributed by atoms with Gasteiger partial charge in [0.05, 0.1) is 11.4 Å². The Labute approximate surface area is 160 Å². The number of H-pyrrole nitrogens is 1. The molecule has 7 nitrogen and oxygen atoms in total. The van der Waals surface area contributed by atoms with Crippen LogP contribution in [0.5, 0.6) is 11.5 Å². The van der Waals surface area contributed by atoms with E-state index < -0.39 is 11.6 Å². The number of carbonyl (C=O) groups excluding carboxylic acids is 1. The first-order valence-corrected chi connectivity index (χ1v) is 8.59. The molecule has 3 aromatic carbocycles. The molecule has 0 fully saturated rings. The van der Waals surface area contributed by atoms with Gasteiger partial charge in [-0.3, -0.25) is 9.78 Å². The number of rotatable bonds is 5. The Bertz CT molecular complexity index is 1150. The lowest BCUT2D eigenvalue weighted by molar-refractivity contribution is 0.101. The average Bonchev–Trinajstić information content (AvgIpc) is 3.13. The average molecular weight is 372 g/mol. The van der Waals surface area contributed by atoms with Gasteiger partial charge >= 0.3 is 5.69 Å². The van der Waals surface area contributed by atoms with E-state index in [0.717, 1.165) is 4.68 Å². The molecule has 4 aromatic rings. The van der Waals surface area contributed by atoms with Crippen molar-refractivity contribution in [1.82, 2.24) is 14.8 Å². The molecule has 7 heteroatoms. The maximum Gasteiger partial charge on any atom is 0.348 e. The van der Waals surface area contributed by atoms with E-state index in [9.17, 15) is 9.59 Å². The summed E-state index contributed by atoms with van der Waals surface area (Å²) < 4.78 is 6.97. The summed E-state index contributed by atoms with van der Waals surface area (Å²) >= 11 is 0. The van der Waals surface area contributed by atoms with Crippen LogP contribution in [0.25, 0.3) is 5.69 Å². The van der Waals surface area contributed by atoms with Crippen LogP contribution < -0.4 is 15.7 Å². The Hall–Kier alpha value is -4.13. The zero-order valence-corrected chi connectivity index (χ0v) is 14.7. The zero-order chi connectivity index (χ0) is 19.3. The second-order valence-corrected chi connectivity index (χ2v) is 5.89. The fraction of sp³-hybridized carbons (Fsp3) is 0. The van der Waals surface area contributed by atoms with Gasteiger partial charge in [0.25, 0.3) is 5.91 Å². The molecule has 1 aromatic heterocycles. The summed E-state index contributed by atoms with van der Waals surface area (Å²) in [6.07, 6.45) is 0. The van der Waals surface area contributed by atoms with Crippen molar-refractivity contribution in [2.75, 3.05) is 5.32 Å². The lowest BCUT2D eigenvalue weighted by atomic mass is 10.3. The van der Waals surface area contributed by atoms with Crippen LogP contribution in [0.3, 0.4) is 0 Å². The number of hydrogen-bond donors (Lipinski definition) is 2. The maximum atomic E-state index is 12.6. The second-order valence-electron chi connectivity index (χ2n) is 5.89. The predicted molar refractivity (Wildman–Crippen MR) is 105 cm³/mol. The molecule has 1 heterocycles. The van der Waals surface area contributed by atoms with Crippen molar-refractivity contribution < 1.29 is 9.53 Å². The minimum atomic E-state index is -0.545. The Morgan fingerprint density at radius 2 is 1.54 bits per heavy atom. The molecular weight excluding hydrogens is 356 g/mol. The highest BCUT2D eigenvalue weighted by molar-refractivity contribution is 6.02. The number of nitrogens with one attached hydrogen (secondary N) is 2. The van der Waals surface area contributed by atoms with Crippen molar-refractivity contribution in [2.45, 2.75) is 0 Å². The lowest BCUT2D eigenvalue weighted by Crippen LogP contribution is -2.16.